The molecule has 0 saturated heterocycles. The summed E-state index contributed by atoms with van der Waals surface area (Å²) in [5, 5.41) is 8.65. The van der Waals surface area contributed by atoms with E-state index in [0.29, 0.717) is 0 Å². The van der Waals surface area contributed by atoms with Crippen molar-refractivity contribution >= 4 is 0 Å². The largest absolute Gasteiger partial charge is 0.396 e. The van der Waals surface area contributed by atoms with Gasteiger partial charge in [0.1, 0.15) is 0 Å². The third kappa shape index (κ3) is 5.90. The molecule has 11 heavy (non-hydrogen) atoms. The van der Waals surface area contributed by atoms with E-state index in [1.165, 1.54) is 12.0 Å². The molecule has 0 aliphatic heterocycles. The number of aliphatic hydroxyl groups excluding tert-OH is 1. The summed E-state index contributed by atoms with van der Waals surface area (Å²) >= 11 is 0. The van der Waals surface area contributed by atoms with Crippen LogP contribution in [0.3, 0.4) is 0 Å². The van der Waals surface area contributed by atoms with Crippen molar-refractivity contribution in [2.75, 3.05) is 6.61 Å². The third-order valence-electron chi connectivity index (χ3n) is 1.58. The average molecular weight is 154 g/mol. The second-order valence-corrected chi connectivity index (χ2v) is 2.57. The lowest BCUT2D eigenvalue weighted by Gasteiger charge is -1.95. The highest BCUT2D eigenvalue weighted by Gasteiger charge is 1.88. The van der Waals surface area contributed by atoms with Gasteiger partial charge in [0.15, 0.2) is 0 Å². The highest BCUT2D eigenvalue weighted by atomic mass is 16.2. The molecule has 0 aliphatic carbocycles. The molecule has 0 atom stereocenters. The quantitative estimate of drug-likeness (QED) is 0.603. The SMILES string of the molecule is CCCC=C=C(CC)CCO. The highest BCUT2D eigenvalue weighted by molar-refractivity contribution is 5.00. The fourth-order valence-corrected chi connectivity index (χ4v) is 0.847. The van der Waals surface area contributed by atoms with E-state index in [2.05, 4.69) is 25.7 Å². The number of hydrogen-bond acceptors (Lipinski definition) is 1. The minimum atomic E-state index is 0.246. The van der Waals surface area contributed by atoms with Gasteiger partial charge in [-0.1, -0.05) is 20.3 Å². The zero-order valence-corrected chi connectivity index (χ0v) is 7.56. The second kappa shape index (κ2) is 7.59. The smallest absolute Gasteiger partial charge is 0.0474 e. The Bertz CT molecular complexity index is 141. The fraction of sp³-hybridized carbons (Fsp3) is 0.700. The summed E-state index contributed by atoms with van der Waals surface area (Å²) in [5.41, 5.74) is 4.43. The van der Waals surface area contributed by atoms with Crippen molar-refractivity contribution in [3.63, 3.8) is 0 Å². The summed E-state index contributed by atoms with van der Waals surface area (Å²) in [6.45, 7) is 4.49. The minimum absolute atomic E-state index is 0.246. The summed E-state index contributed by atoms with van der Waals surface area (Å²) in [5.74, 6) is 0. The predicted molar refractivity (Wildman–Crippen MR) is 48.5 cm³/mol. The molecule has 0 aliphatic rings. The number of aliphatic hydroxyl groups is 1. The Kier molecular flexibility index (Phi) is 7.23. The zero-order chi connectivity index (χ0) is 8.53. The van der Waals surface area contributed by atoms with Crippen LogP contribution in [0.15, 0.2) is 17.4 Å². The van der Waals surface area contributed by atoms with Gasteiger partial charge in [-0.05, 0) is 30.9 Å². The van der Waals surface area contributed by atoms with Crippen LogP contribution in [0.2, 0.25) is 0 Å². The van der Waals surface area contributed by atoms with Crippen LogP contribution in [0, 0.1) is 0 Å². The van der Waals surface area contributed by atoms with E-state index < -0.39 is 0 Å². The molecule has 0 fully saturated rings. The summed E-state index contributed by atoms with van der Waals surface area (Å²) in [4.78, 5) is 0. The van der Waals surface area contributed by atoms with E-state index in [-0.39, 0.29) is 6.61 Å². The van der Waals surface area contributed by atoms with Crippen molar-refractivity contribution in [2.45, 2.75) is 39.5 Å². The summed E-state index contributed by atoms with van der Waals surface area (Å²) < 4.78 is 0. The normalized spacial score (nSPS) is 9.00. The third-order valence-corrected chi connectivity index (χ3v) is 1.58. The molecule has 0 rings (SSSR count). The summed E-state index contributed by atoms with van der Waals surface area (Å²) in [6.07, 6.45) is 6.10. The average Bonchev–Trinajstić information content (AvgIpc) is 2.03. The Morgan fingerprint density at radius 3 is 2.64 bits per heavy atom. The van der Waals surface area contributed by atoms with Crippen molar-refractivity contribution in [3.8, 4) is 0 Å². The molecular formula is C10H18O. The van der Waals surface area contributed by atoms with E-state index in [4.69, 9.17) is 5.11 Å². The van der Waals surface area contributed by atoms with Gasteiger partial charge in [0.05, 0.1) is 0 Å². The standard InChI is InChI=1S/C10H18O/c1-3-5-6-7-10(4-2)8-9-11/h6,11H,3-5,8-9H2,1-2H3. The van der Waals surface area contributed by atoms with Crippen LogP contribution in [-0.2, 0) is 0 Å². The van der Waals surface area contributed by atoms with Gasteiger partial charge in [-0.2, -0.15) is 0 Å². The number of rotatable bonds is 5. The van der Waals surface area contributed by atoms with Crippen molar-refractivity contribution in [1.29, 1.82) is 0 Å². The molecule has 1 N–H and O–H groups in total. The lowest BCUT2D eigenvalue weighted by atomic mass is 10.1. The van der Waals surface area contributed by atoms with Crippen LogP contribution in [0.25, 0.3) is 0 Å². The van der Waals surface area contributed by atoms with Crippen LogP contribution in [0.4, 0.5) is 0 Å². The Morgan fingerprint density at radius 2 is 2.18 bits per heavy atom. The summed E-state index contributed by atoms with van der Waals surface area (Å²) in [7, 11) is 0. The van der Waals surface area contributed by atoms with E-state index in [1.54, 1.807) is 0 Å². The Morgan fingerprint density at radius 1 is 1.45 bits per heavy atom. The van der Waals surface area contributed by atoms with E-state index >= 15 is 0 Å². The Labute approximate surface area is 69.4 Å². The van der Waals surface area contributed by atoms with Gasteiger partial charge in [0.2, 0.25) is 0 Å². The molecule has 0 aromatic carbocycles. The first-order valence-electron chi connectivity index (χ1n) is 4.38. The monoisotopic (exact) mass is 154 g/mol. The van der Waals surface area contributed by atoms with E-state index in [1.807, 2.05) is 0 Å². The molecule has 0 spiro atoms. The number of unbranched alkanes of at least 4 members (excludes halogenated alkanes) is 1. The Balaban J connectivity index is 3.87. The maximum absolute atomic E-state index is 8.65. The molecule has 0 amide bonds. The van der Waals surface area contributed by atoms with Gasteiger partial charge in [-0.25, -0.2) is 0 Å². The molecule has 1 nitrogen and oxygen atoms in total. The second-order valence-electron chi connectivity index (χ2n) is 2.57. The fourth-order valence-electron chi connectivity index (χ4n) is 0.847. The molecule has 0 bridgehead atoms. The van der Waals surface area contributed by atoms with E-state index in [9.17, 15) is 0 Å². The molecule has 0 aromatic heterocycles. The predicted octanol–water partition coefficient (Wildman–Crippen LogP) is 2.66. The van der Waals surface area contributed by atoms with E-state index in [0.717, 1.165) is 19.3 Å². The summed E-state index contributed by atoms with van der Waals surface area (Å²) in [6, 6.07) is 0. The topological polar surface area (TPSA) is 20.2 Å². The molecule has 64 valence electrons. The molecule has 0 unspecified atom stereocenters. The van der Waals surface area contributed by atoms with Gasteiger partial charge < -0.3 is 5.11 Å². The molecular weight excluding hydrogens is 136 g/mol. The number of hydrogen-bond donors (Lipinski definition) is 1. The van der Waals surface area contributed by atoms with Crippen molar-refractivity contribution in [2.24, 2.45) is 0 Å². The minimum Gasteiger partial charge on any atom is -0.396 e. The first-order valence-corrected chi connectivity index (χ1v) is 4.38. The van der Waals surface area contributed by atoms with Gasteiger partial charge in [-0.15, -0.1) is 5.73 Å². The van der Waals surface area contributed by atoms with Crippen LogP contribution in [-0.4, -0.2) is 11.7 Å². The lowest BCUT2D eigenvalue weighted by molar-refractivity contribution is 0.298. The van der Waals surface area contributed by atoms with Gasteiger partial charge in [-0.3, -0.25) is 0 Å². The van der Waals surface area contributed by atoms with Crippen molar-refractivity contribution in [1.82, 2.24) is 0 Å². The van der Waals surface area contributed by atoms with Gasteiger partial charge >= 0.3 is 0 Å². The van der Waals surface area contributed by atoms with Crippen molar-refractivity contribution in [3.05, 3.63) is 17.4 Å². The highest BCUT2D eigenvalue weighted by Crippen LogP contribution is 2.03. The molecule has 0 saturated carbocycles. The maximum Gasteiger partial charge on any atom is 0.0474 e. The van der Waals surface area contributed by atoms with Crippen LogP contribution >= 0.6 is 0 Å². The van der Waals surface area contributed by atoms with Crippen LogP contribution in [0.5, 0.6) is 0 Å². The molecule has 1 heteroatoms. The van der Waals surface area contributed by atoms with Crippen molar-refractivity contribution < 1.29 is 5.11 Å². The lowest BCUT2D eigenvalue weighted by Crippen LogP contribution is -1.84. The zero-order valence-electron chi connectivity index (χ0n) is 7.56. The van der Waals surface area contributed by atoms with Gasteiger partial charge in [0, 0.05) is 6.61 Å². The molecule has 0 radical (unpaired) electrons. The van der Waals surface area contributed by atoms with Crippen LogP contribution < -0.4 is 0 Å². The first-order chi connectivity index (χ1) is 5.35. The first kappa shape index (κ1) is 10.5. The molecule has 0 heterocycles. The molecule has 0 aromatic rings. The maximum atomic E-state index is 8.65. The van der Waals surface area contributed by atoms with Crippen LogP contribution in [0.1, 0.15) is 39.5 Å². The Hall–Kier alpha value is -0.520. The van der Waals surface area contributed by atoms with Gasteiger partial charge in [0.25, 0.3) is 0 Å².